The Morgan fingerprint density at radius 1 is 1.23 bits per heavy atom. The van der Waals surface area contributed by atoms with Gasteiger partial charge < -0.3 is 4.52 Å². The minimum atomic E-state index is -3.52. The number of hydrogen-bond donors (Lipinski definition) is 0. The summed E-state index contributed by atoms with van der Waals surface area (Å²) < 4.78 is 28.4. The van der Waals surface area contributed by atoms with Crippen molar-refractivity contribution in [3.63, 3.8) is 0 Å². The van der Waals surface area contributed by atoms with Crippen LogP contribution in [-0.4, -0.2) is 25.6 Å². The van der Waals surface area contributed by atoms with Gasteiger partial charge in [0, 0.05) is 17.7 Å². The first-order chi connectivity index (χ1) is 10.3. The van der Waals surface area contributed by atoms with Crippen LogP contribution >= 0.6 is 23.2 Å². The van der Waals surface area contributed by atoms with Gasteiger partial charge in [0.05, 0.1) is 26.7 Å². The number of benzene rings is 1. The van der Waals surface area contributed by atoms with Crippen molar-refractivity contribution < 1.29 is 17.7 Å². The van der Waals surface area contributed by atoms with Crippen molar-refractivity contribution >= 4 is 38.8 Å². The summed E-state index contributed by atoms with van der Waals surface area (Å²) in [5.41, 5.74) is 0.469. The Labute approximate surface area is 137 Å². The van der Waals surface area contributed by atoms with Crippen molar-refractivity contribution in [2.24, 2.45) is 0 Å². The average Bonchev–Trinajstić information content (AvgIpc) is 3.17. The fourth-order valence-electron chi connectivity index (χ4n) is 2.20. The molecule has 116 valence electrons. The zero-order chi connectivity index (χ0) is 16.1. The van der Waals surface area contributed by atoms with Gasteiger partial charge in [0.2, 0.25) is 0 Å². The Balaban J connectivity index is 2.07. The Morgan fingerprint density at radius 2 is 1.91 bits per heavy atom. The zero-order valence-corrected chi connectivity index (χ0v) is 13.8. The van der Waals surface area contributed by atoms with Crippen molar-refractivity contribution in [1.82, 2.24) is 5.16 Å². The summed E-state index contributed by atoms with van der Waals surface area (Å²) in [7, 11) is -3.52. The topological polar surface area (TPSA) is 77.2 Å². The monoisotopic (exact) mass is 359 g/mol. The normalized spacial score (nSPS) is 15.0. The van der Waals surface area contributed by atoms with Crippen LogP contribution in [-0.2, 0) is 9.84 Å². The number of ketones is 1. The first kappa shape index (κ1) is 15.5. The predicted octanol–water partition coefficient (Wildman–Crippen LogP) is 3.49. The van der Waals surface area contributed by atoms with Crippen molar-refractivity contribution in [2.45, 2.75) is 23.7 Å². The second-order valence-corrected chi connectivity index (χ2v) is 7.96. The third-order valence-corrected chi connectivity index (χ3v) is 5.62. The molecular formula is C14H11Cl2NO4S. The second-order valence-electron chi connectivity index (χ2n) is 5.22. The summed E-state index contributed by atoms with van der Waals surface area (Å²) in [5, 5.41) is 3.43. The number of rotatable bonds is 4. The van der Waals surface area contributed by atoms with Crippen LogP contribution in [0.15, 0.2) is 27.7 Å². The zero-order valence-electron chi connectivity index (χ0n) is 11.5. The number of nitrogens with zero attached hydrogens (tertiary/aromatic N) is 1. The smallest absolute Gasteiger partial charge is 0.199 e. The predicted molar refractivity (Wildman–Crippen MR) is 81.5 cm³/mol. The molecule has 22 heavy (non-hydrogen) atoms. The molecule has 0 aliphatic heterocycles. The van der Waals surface area contributed by atoms with Gasteiger partial charge in [0.25, 0.3) is 0 Å². The lowest BCUT2D eigenvalue weighted by Crippen LogP contribution is -2.06. The van der Waals surface area contributed by atoms with Gasteiger partial charge in [0.1, 0.15) is 0 Å². The number of aromatic nitrogens is 1. The van der Waals surface area contributed by atoms with Crippen molar-refractivity contribution in [3.8, 4) is 0 Å². The largest absolute Gasteiger partial charge is 0.360 e. The van der Waals surface area contributed by atoms with Crippen LogP contribution in [0, 0.1) is 0 Å². The Bertz CT molecular complexity index is 869. The molecule has 1 saturated carbocycles. The highest BCUT2D eigenvalue weighted by Crippen LogP contribution is 2.42. The first-order valence-electron chi connectivity index (χ1n) is 6.48. The van der Waals surface area contributed by atoms with Gasteiger partial charge in [0.15, 0.2) is 21.4 Å². The molecule has 0 unspecified atom stereocenters. The summed E-state index contributed by atoms with van der Waals surface area (Å²) in [6, 6.07) is 2.64. The minimum Gasteiger partial charge on any atom is -0.360 e. The molecule has 2 aromatic rings. The van der Waals surface area contributed by atoms with Crippen LogP contribution in [0.2, 0.25) is 10.0 Å². The van der Waals surface area contributed by atoms with Gasteiger partial charge in [-0.05, 0) is 25.0 Å². The summed E-state index contributed by atoms with van der Waals surface area (Å²) in [6.07, 6.45) is 4.29. The van der Waals surface area contributed by atoms with E-state index in [1.54, 1.807) is 0 Å². The van der Waals surface area contributed by atoms with Gasteiger partial charge in [-0.1, -0.05) is 28.4 Å². The van der Waals surface area contributed by atoms with Crippen molar-refractivity contribution in [3.05, 3.63) is 45.3 Å². The fourth-order valence-corrected chi connectivity index (χ4v) is 3.83. The number of hydrogen-bond acceptors (Lipinski definition) is 5. The highest BCUT2D eigenvalue weighted by atomic mass is 35.5. The summed E-state index contributed by atoms with van der Waals surface area (Å²) in [6.45, 7) is 0. The Morgan fingerprint density at radius 3 is 2.50 bits per heavy atom. The van der Waals surface area contributed by atoms with E-state index in [0.29, 0.717) is 11.3 Å². The first-order valence-corrected chi connectivity index (χ1v) is 9.12. The number of carbonyl (C=O) groups is 1. The number of halogens is 2. The third kappa shape index (κ3) is 2.66. The molecule has 0 spiro atoms. The Kier molecular flexibility index (Phi) is 3.79. The standard InChI is InChI=1S/C14H11Cl2NO4S/c1-22(19,20)10-5-4-8(11(15)12(10)16)13(18)9-6-17-21-14(9)7-2-3-7/h4-7H,2-3H2,1H3. The molecule has 1 heterocycles. The van der Waals surface area contributed by atoms with E-state index in [2.05, 4.69) is 5.16 Å². The fraction of sp³-hybridized carbons (Fsp3) is 0.286. The molecule has 0 bridgehead atoms. The SMILES string of the molecule is CS(=O)(=O)c1ccc(C(=O)c2cnoc2C2CC2)c(Cl)c1Cl. The second kappa shape index (κ2) is 5.37. The van der Waals surface area contributed by atoms with Crippen molar-refractivity contribution in [1.29, 1.82) is 0 Å². The van der Waals surface area contributed by atoms with E-state index in [1.165, 1.54) is 18.3 Å². The van der Waals surface area contributed by atoms with Gasteiger partial charge in [-0.25, -0.2) is 8.42 Å². The van der Waals surface area contributed by atoms with Crippen molar-refractivity contribution in [2.75, 3.05) is 6.26 Å². The van der Waals surface area contributed by atoms with Crippen LogP contribution < -0.4 is 0 Å². The molecule has 5 nitrogen and oxygen atoms in total. The average molecular weight is 360 g/mol. The van der Waals surface area contributed by atoms with E-state index in [4.69, 9.17) is 27.7 Å². The molecule has 0 atom stereocenters. The van der Waals surface area contributed by atoms with Crippen LogP contribution in [0.5, 0.6) is 0 Å². The maximum Gasteiger partial charge on any atom is 0.199 e. The molecule has 1 aromatic heterocycles. The van der Waals surface area contributed by atoms with Crippen LogP contribution in [0.3, 0.4) is 0 Å². The van der Waals surface area contributed by atoms with E-state index in [1.807, 2.05) is 0 Å². The van der Waals surface area contributed by atoms with E-state index in [0.717, 1.165) is 19.1 Å². The number of carbonyl (C=O) groups excluding carboxylic acids is 1. The molecule has 3 rings (SSSR count). The van der Waals surface area contributed by atoms with E-state index < -0.39 is 9.84 Å². The summed E-state index contributed by atoms with van der Waals surface area (Å²) in [4.78, 5) is 12.5. The van der Waals surface area contributed by atoms with E-state index in [-0.39, 0.29) is 32.2 Å². The summed E-state index contributed by atoms with van der Waals surface area (Å²) >= 11 is 12.1. The van der Waals surface area contributed by atoms with Crippen LogP contribution in [0.25, 0.3) is 0 Å². The lowest BCUT2D eigenvalue weighted by Gasteiger charge is -2.08. The maximum absolute atomic E-state index is 12.6. The maximum atomic E-state index is 12.6. The number of sulfone groups is 1. The molecule has 1 aromatic carbocycles. The van der Waals surface area contributed by atoms with E-state index in [9.17, 15) is 13.2 Å². The van der Waals surface area contributed by atoms with Crippen LogP contribution in [0.4, 0.5) is 0 Å². The molecule has 0 saturated heterocycles. The highest BCUT2D eigenvalue weighted by molar-refractivity contribution is 7.90. The molecule has 0 radical (unpaired) electrons. The molecule has 1 aliphatic rings. The lowest BCUT2D eigenvalue weighted by molar-refractivity contribution is 0.103. The summed E-state index contributed by atoms with van der Waals surface area (Å²) in [5.74, 6) is 0.380. The van der Waals surface area contributed by atoms with Gasteiger partial charge in [-0.2, -0.15) is 0 Å². The molecule has 1 aliphatic carbocycles. The van der Waals surface area contributed by atoms with Gasteiger partial charge >= 0.3 is 0 Å². The molecular weight excluding hydrogens is 349 g/mol. The quantitative estimate of drug-likeness (QED) is 0.780. The van der Waals surface area contributed by atoms with Gasteiger partial charge in [-0.15, -0.1) is 0 Å². The lowest BCUT2D eigenvalue weighted by atomic mass is 10.0. The van der Waals surface area contributed by atoms with E-state index >= 15 is 0 Å². The third-order valence-electron chi connectivity index (χ3n) is 3.48. The molecule has 0 N–H and O–H groups in total. The Hall–Kier alpha value is -1.37. The minimum absolute atomic E-state index is 0.0856. The molecule has 8 heteroatoms. The highest BCUT2D eigenvalue weighted by Gasteiger charge is 2.33. The van der Waals surface area contributed by atoms with Crippen LogP contribution in [0.1, 0.15) is 40.4 Å². The molecule has 0 amide bonds. The molecule has 1 fully saturated rings. The van der Waals surface area contributed by atoms with Gasteiger partial charge in [-0.3, -0.25) is 4.79 Å².